The van der Waals surface area contributed by atoms with Crippen molar-refractivity contribution in [2.75, 3.05) is 18.6 Å². The van der Waals surface area contributed by atoms with Gasteiger partial charge in [0.15, 0.2) is 0 Å². The molecule has 37 heavy (non-hydrogen) atoms. The fourth-order valence-corrected chi connectivity index (χ4v) is 4.70. The highest BCUT2D eigenvalue weighted by molar-refractivity contribution is 6.51. The molecule has 4 rings (SSSR count). The average Bonchev–Trinajstić information content (AvgIpc) is 3.15. The van der Waals surface area contributed by atoms with Gasteiger partial charge in [-0.3, -0.25) is 14.5 Å². The molecular weight excluding hydrogens is 490 g/mol. The largest absolute Gasteiger partial charge is 0.507 e. The van der Waals surface area contributed by atoms with Gasteiger partial charge in [0.05, 0.1) is 25.3 Å². The zero-order valence-corrected chi connectivity index (χ0v) is 22.3. The maximum Gasteiger partial charge on any atom is 0.300 e. The summed E-state index contributed by atoms with van der Waals surface area (Å²) in [5, 5.41) is 12.0. The molecule has 0 spiro atoms. The van der Waals surface area contributed by atoms with E-state index >= 15 is 0 Å². The van der Waals surface area contributed by atoms with Crippen LogP contribution in [0.2, 0.25) is 5.02 Å². The van der Waals surface area contributed by atoms with Crippen molar-refractivity contribution in [3.63, 3.8) is 0 Å². The molecule has 192 valence electrons. The lowest BCUT2D eigenvalue weighted by molar-refractivity contribution is -0.132. The van der Waals surface area contributed by atoms with Gasteiger partial charge >= 0.3 is 0 Å². The molecule has 0 radical (unpaired) electrons. The van der Waals surface area contributed by atoms with Gasteiger partial charge < -0.3 is 14.6 Å². The first-order valence-corrected chi connectivity index (χ1v) is 12.5. The average molecular weight is 520 g/mol. The Hall–Kier alpha value is -3.77. The topological polar surface area (TPSA) is 76.1 Å². The van der Waals surface area contributed by atoms with Crippen LogP contribution in [0.4, 0.5) is 5.69 Å². The van der Waals surface area contributed by atoms with Gasteiger partial charge in [0, 0.05) is 16.3 Å². The number of anilines is 1. The summed E-state index contributed by atoms with van der Waals surface area (Å²) in [4.78, 5) is 28.3. The van der Waals surface area contributed by atoms with Crippen LogP contribution < -0.4 is 14.4 Å². The number of methoxy groups -OCH3 is 1. The summed E-state index contributed by atoms with van der Waals surface area (Å²) in [6.45, 7) is 8.33. The molecular formula is C30H30ClNO5. The Morgan fingerprint density at radius 3 is 2.35 bits per heavy atom. The molecule has 0 aromatic heterocycles. The number of aryl methyl sites for hydroxylation is 1. The van der Waals surface area contributed by atoms with Gasteiger partial charge in [-0.2, -0.15) is 0 Å². The van der Waals surface area contributed by atoms with Gasteiger partial charge in [0.25, 0.3) is 11.7 Å². The van der Waals surface area contributed by atoms with Gasteiger partial charge in [-0.1, -0.05) is 43.6 Å². The van der Waals surface area contributed by atoms with Crippen LogP contribution >= 0.6 is 11.6 Å². The summed E-state index contributed by atoms with van der Waals surface area (Å²) < 4.78 is 11.0. The fraction of sp³-hybridized carbons (Fsp3) is 0.267. The first-order valence-electron chi connectivity index (χ1n) is 12.2. The van der Waals surface area contributed by atoms with E-state index in [1.54, 1.807) is 61.7 Å². The van der Waals surface area contributed by atoms with Gasteiger partial charge in [-0.25, -0.2) is 0 Å². The summed E-state index contributed by atoms with van der Waals surface area (Å²) in [6, 6.07) is 16.7. The smallest absolute Gasteiger partial charge is 0.300 e. The molecule has 1 amide bonds. The molecule has 1 fully saturated rings. The Morgan fingerprint density at radius 2 is 1.76 bits per heavy atom. The quantitative estimate of drug-likeness (QED) is 0.211. The lowest BCUT2D eigenvalue weighted by Crippen LogP contribution is -2.29. The van der Waals surface area contributed by atoms with Crippen LogP contribution in [0.1, 0.15) is 55.0 Å². The molecule has 6 nitrogen and oxygen atoms in total. The van der Waals surface area contributed by atoms with Gasteiger partial charge in [0.1, 0.15) is 17.3 Å². The highest BCUT2D eigenvalue weighted by Crippen LogP contribution is 2.43. The number of ether oxygens (including phenoxy) is 2. The number of amides is 1. The molecule has 7 heteroatoms. The lowest BCUT2D eigenvalue weighted by atomic mass is 9.93. The number of aliphatic hydroxyl groups is 1. The second kappa shape index (κ2) is 10.7. The van der Waals surface area contributed by atoms with Crippen LogP contribution in [0.15, 0.2) is 66.2 Å². The summed E-state index contributed by atoms with van der Waals surface area (Å²) in [5.74, 6) is -0.288. The molecule has 1 aliphatic rings. The van der Waals surface area contributed by atoms with E-state index in [1.165, 1.54) is 4.90 Å². The molecule has 1 N–H and O–H groups in total. The van der Waals surface area contributed by atoms with Crippen LogP contribution in [-0.2, 0) is 9.59 Å². The highest BCUT2D eigenvalue weighted by Gasteiger charge is 2.47. The number of carbonyl (C=O) groups excluding carboxylic acids is 2. The van der Waals surface area contributed by atoms with Crippen LogP contribution in [0, 0.1) is 6.92 Å². The second-order valence-electron chi connectivity index (χ2n) is 9.22. The monoisotopic (exact) mass is 519 g/mol. The SMILES string of the molecule is CCOc1ccc(/C(O)=C2/C(=O)C(=O)N(c3ccc(C)c(Cl)c3)C2c2ccc(OC)cc2)cc1C(C)C. The molecule has 1 unspecified atom stereocenters. The summed E-state index contributed by atoms with van der Waals surface area (Å²) in [6.07, 6.45) is 0. The summed E-state index contributed by atoms with van der Waals surface area (Å²) in [5.41, 5.74) is 3.29. The number of aliphatic hydroxyl groups excluding tert-OH is 1. The highest BCUT2D eigenvalue weighted by atomic mass is 35.5. The van der Waals surface area contributed by atoms with E-state index in [0.29, 0.717) is 34.2 Å². The van der Waals surface area contributed by atoms with E-state index in [1.807, 2.05) is 33.8 Å². The van der Waals surface area contributed by atoms with Gasteiger partial charge in [-0.15, -0.1) is 0 Å². The number of carbonyl (C=O) groups is 2. The number of Topliss-reactive ketones (excluding diaryl/α,β-unsaturated/α-hetero) is 1. The number of nitrogens with zero attached hydrogens (tertiary/aromatic N) is 1. The predicted octanol–water partition coefficient (Wildman–Crippen LogP) is 6.81. The molecule has 0 bridgehead atoms. The van der Waals surface area contributed by atoms with Crippen LogP contribution in [0.25, 0.3) is 5.76 Å². The predicted molar refractivity (Wildman–Crippen MR) is 146 cm³/mol. The number of halogens is 1. The van der Waals surface area contributed by atoms with Crippen molar-refractivity contribution in [2.24, 2.45) is 0 Å². The maximum absolute atomic E-state index is 13.5. The fourth-order valence-electron chi connectivity index (χ4n) is 4.52. The van der Waals surface area contributed by atoms with Gasteiger partial charge in [0.2, 0.25) is 0 Å². The minimum Gasteiger partial charge on any atom is -0.507 e. The second-order valence-corrected chi connectivity index (χ2v) is 9.62. The summed E-state index contributed by atoms with van der Waals surface area (Å²) >= 11 is 6.38. The lowest BCUT2D eigenvalue weighted by Gasteiger charge is -2.26. The van der Waals surface area contributed by atoms with Crippen molar-refractivity contribution in [1.82, 2.24) is 0 Å². The van der Waals surface area contributed by atoms with E-state index in [-0.39, 0.29) is 17.3 Å². The third-order valence-electron chi connectivity index (χ3n) is 6.51. The Bertz CT molecular complexity index is 1380. The third kappa shape index (κ3) is 4.94. The molecule has 0 aliphatic carbocycles. The maximum atomic E-state index is 13.5. The number of hydrogen-bond acceptors (Lipinski definition) is 5. The minimum atomic E-state index is -0.862. The Balaban J connectivity index is 1.93. The van der Waals surface area contributed by atoms with E-state index in [9.17, 15) is 14.7 Å². The van der Waals surface area contributed by atoms with Crippen LogP contribution in [0.3, 0.4) is 0 Å². The molecule has 1 aliphatic heterocycles. The minimum absolute atomic E-state index is 0.00531. The zero-order chi connectivity index (χ0) is 26.9. The van der Waals surface area contributed by atoms with Crippen molar-refractivity contribution < 1.29 is 24.2 Å². The Morgan fingerprint density at radius 1 is 1.05 bits per heavy atom. The first-order chi connectivity index (χ1) is 17.7. The van der Waals surface area contributed by atoms with Crippen molar-refractivity contribution in [1.29, 1.82) is 0 Å². The number of benzene rings is 3. The Kier molecular flexibility index (Phi) is 7.60. The van der Waals surface area contributed by atoms with E-state index in [4.69, 9.17) is 21.1 Å². The first kappa shape index (κ1) is 26.3. The Labute approximate surface area is 222 Å². The van der Waals surface area contributed by atoms with E-state index in [2.05, 4.69) is 0 Å². The molecule has 1 atom stereocenters. The molecule has 3 aromatic carbocycles. The molecule has 1 heterocycles. The standard InChI is InChI=1S/C30H30ClNO5/c1-6-37-25-14-10-20(15-23(25)17(2)3)28(33)26-27(19-8-12-22(36-5)13-9-19)32(30(35)29(26)34)21-11-7-18(4)24(31)16-21/h7-17,27,33H,6H2,1-5H3/b28-26-. The number of ketones is 1. The third-order valence-corrected chi connectivity index (χ3v) is 6.92. The van der Waals surface area contributed by atoms with Crippen molar-refractivity contribution >= 4 is 34.7 Å². The van der Waals surface area contributed by atoms with E-state index < -0.39 is 17.7 Å². The zero-order valence-electron chi connectivity index (χ0n) is 21.5. The molecule has 1 saturated heterocycles. The molecule has 3 aromatic rings. The van der Waals surface area contributed by atoms with Crippen molar-refractivity contribution in [3.8, 4) is 11.5 Å². The normalized spacial score (nSPS) is 16.9. The number of hydrogen-bond donors (Lipinski definition) is 1. The van der Waals surface area contributed by atoms with Crippen LogP contribution in [-0.4, -0.2) is 30.5 Å². The van der Waals surface area contributed by atoms with Crippen molar-refractivity contribution in [3.05, 3.63) is 93.5 Å². The van der Waals surface area contributed by atoms with Crippen molar-refractivity contribution in [2.45, 2.75) is 39.7 Å². The van der Waals surface area contributed by atoms with Gasteiger partial charge in [-0.05, 0) is 78.9 Å². The van der Waals surface area contributed by atoms with Crippen LogP contribution in [0.5, 0.6) is 11.5 Å². The number of rotatable bonds is 7. The van der Waals surface area contributed by atoms with E-state index in [0.717, 1.165) is 16.9 Å². The molecule has 0 saturated carbocycles. The summed E-state index contributed by atoms with van der Waals surface area (Å²) in [7, 11) is 1.56.